The molecule has 0 bridgehead atoms. The fourth-order valence-corrected chi connectivity index (χ4v) is 2.46. The molecule has 8 nitrogen and oxygen atoms in total. The van der Waals surface area contributed by atoms with Gasteiger partial charge in [-0.3, -0.25) is 4.79 Å². The molecule has 5 N–H and O–H groups in total. The Labute approximate surface area is 142 Å². The summed E-state index contributed by atoms with van der Waals surface area (Å²) >= 11 is 0. The zero-order chi connectivity index (χ0) is 18.6. The molecule has 0 spiro atoms. The van der Waals surface area contributed by atoms with E-state index < -0.39 is 34.4 Å². The molecule has 0 radical (unpaired) electrons. The minimum atomic E-state index is -1.56. The number of carboxylic acid groups (broad SMARTS) is 2. The summed E-state index contributed by atoms with van der Waals surface area (Å²) in [7, 11) is 0. The first-order valence-electron chi connectivity index (χ1n) is 7.17. The van der Waals surface area contributed by atoms with Gasteiger partial charge in [-0.2, -0.15) is 0 Å². The van der Waals surface area contributed by atoms with Crippen LogP contribution in [0.4, 0.5) is 5.82 Å². The van der Waals surface area contributed by atoms with E-state index in [1.165, 1.54) is 6.07 Å². The Bertz CT molecular complexity index is 900. The first-order valence-corrected chi connectivity index (χ1v) is 7.17. The first kappa shape index (κ1) is 18.0. The fraction of sp³-hybridized carbons (Fsp3) is 0.118. The van der Waals surface area contributed by atoms with Crippen LogP contribution in [0.2, 0.25) is 0 Å². The number of nitrogens with one attached hydrogen (secondary N) is 1. The number of rotatable bonds is 7. The van der Waals surface area contributed by atoms with Crippen LogP contribution in [0.3, 0.4) is 0 Å². The Balaban J connectivity index is 2.82. The van der Waals surface area contributed by atoms with E-state index in [0.717, 1.165) is 0 Å². The lowest BCUT2D eigenvalue weighted by atomic mass is 9.92. The molecule has 8 heteroatoms. The molecular weight excluding hydrogens is 328 g/mol. The quantitative estimate of drug-likeness (QED) is 0.442. The number of anilines is 1. The van der Waals surface area contributed by atoms with E-state index in [4.69, 9.17) is 10.5 Å². The average molecular weight is 344 g/mol. The monoisotopic (exact) mass is 344 g/mol. The number of aromatic amines is 1. The number of hydrogen-bond donors (Lipinski definition) is 4. The number of nitrogens with two attached hydrogens (primary N) is 1. The van der Waals surface area contributed by atoms with Gasteiger partial charge in [-0.25, -0.2) is 9.59 Å². The summed E-state index contributed by atoms with van der Waals surface area (Å²) in [5.74, 6) is -3.42. The highest BCUT2D eigenvalue weighted by molar-refractivity contribution is 6.07. The van der Waals surface area contributed by atoms with Crippen molar-refractivity contribution in [2.75, 3.05) is 12.3 Å². The predicted molar refractivity (Wildman–Crippen MR) is 90.7 cm³/mol. The maximum atomic E-state index is 12.1. The van der Waals surface area contributed by atoms with Crippen molar-refractivity contribution in [1.29, 1.82) is 0 Å². The number of ether oxygens (including phenoxy) is 1. The van der Waals surface area contributed by atoms with Gasteiger partial charge in [0, 0.05) is 5.56 Å². The molecule has 0 atom stereocenters. The van der Waals surface area contributed by atoms with Crippen molar-refractivity contribution in [3.63, 3.8) is 0 Å². The maximum absolute atomic E-state index is 12.1. The highest BCUT2D eigenvalue weighted by Crippen LogP contribution is 2.32. The second-order valence-electron chi connectivity index (χ2n) is 5.06. The molecule has 0 aliphatic heterocycles. The lowest BCUT2D eigenvalue weighted by Crippen LogP contribution is -2.24. The van der Waals surface area contributed by atoms with Crippen molar-refractivity contribution in [2.24, 2.45) is 0 Å². The van der Waals surface area contributed by atoms with Crippen molar-refractivity contribution >= 4 is 17.8 Å². The van der Waals surface area contributed by atoms with E-state index >= 15 is 0 Å². The molecule has 0 saturated heterocycles. The molecule has 130 valence electrons. The van der Waals surface area contributed by atoms with E-state index in [0.29, 0.717) is 5.56 Å². The Hall–Kier alpha value is -3.39. The van der Waals surface area contributed by atoms with Gasteiger partial charge in [0.1, 0.15) is 16.9 Å². The zero-order valence-corrected chi connectivity index (χ0v) is 13.1. The van der Waals surface area contributed by atoms with Crippen LogP contribution in [0, 0.1) is 0 Å². The van der Waals surface area contributed by atoms with Crippen LogP contribution in [0.1, 0.15) is 26.3 Å². The molecule has 2 aromatic rings. The number of aromatic nitrogens is 1. The Morgan fingerprint density at radius 2 is 1.84 bits per heavy atom. The van der Waals surface area contributed by atoms with Crippen LogP contribution in [0.5, 0.6) is 0 Å². The molecule has 0 unspecified atom stereocenters. The van der Waals surface area contributed by atoms with Crippen molar-refractivity contribution in [1.82, 2.24) is 4.98 Å². The minimum Gasteiger partial charge on any atom is -0.478 e. The summed E-state index contributed by atoms with van der Waals surface area (Å²) in [6.07, 6.45) is 1.54. The molecular formula is C17H16N2O6. The molecule has 25 heavy (non-hydrogen) atoms. The zero-order valence-electron chi connectivity index (χ0n) is 13.1. The van der Waals surface area contributed by atoms with Gasteiger partial charge in [-0.05, 0) is 11.1 Å². The highest BCUT2D eigenvalue weighted by Gasteiger charge is 2.27. The number of nitrogen functional groups attached to an aromatic ring is 1. The van der Waals surface area contributed by atoms with Crippen LogP contribution in [0.25, 0.3) is 11.1 Å². The van der Waals surface area contributed by atoms with Gasteiger partial charge in [0.2, 0.25) is 0 Å². The molecule has 1 heterocycles. The number of carboxylic acids is 2. The van der Waals surface area contributed by atoms with Gasteiger partial charge in [-0.15, -0.1) is 6.58 Å². The van der Waals surface area contributed by atoms with Gasteiger partial charge < -0.3 is 25.7 Å². The third kappa shape index (κ3) is 3.59. The number of hydrogen-bond acceptors (Lipinski definition) is 5. The Morgan fingerprint density at radius 1 is 1.20 bits per heavy atom. The summed E-state index contributed by atoms with van der Waals surface area (Å²) in [5.41, 5.74) is 3.99. The molecule has 2 rings (SSSR count). The van der Waals surface area contributed by atoms with Crippen molar-refractivity contribution < 1.29 is 24.5 Å². The maximum Gasteiger partial charge on any atom is 0.342 e. The Morgan fingerprint density at radius 3 is 2.44 bits per heavy atom. The average Bonchev–Trinajstić information content (AvgIpc) is 2.54. The SMILES string of the molecule is C=CCOCc1ccccc1-c1c(C(=O)O)c(N)[nH]c(=O)c1C(=O)O. The van der Waals surface area contributed by atoms with Gasteiger partial charge in [-0.1, -0.05) is 30.3 Å². The number of pyridine rings is 1. The topological polar surface area (TPSA) is 143 Å². The molecule has 0 amide bonds. The fourth-order valence-electron chi connectivity index (χ4n) is 2.46. The molecule has 0 aliphatic rings. The van der Waals surface area contributed by atoms with Crippen LogP contribution < -0.4 is 11.3 Å². The Kier molecular flexibility index (Phi) is 5.35. The summed E-state index contributed by atoms with van der Waals surface area (Å²) in [6.45, 7) is 3.86. The van der Waals surface area contributed by atoms with E-state index in [2.05, 4.69) is 11.6 Å². The minimum absolute atomic E-state index is 0.0764. The third-order valence-electron chi connectivity index (χ3n) is 3.45. The summed E-state index contributed by atoms with van der Waals surface area (Å²) in [6, 6.07) is 6.45. The second kappa shape index (κ2) is 7.45. The molecule has 1 aromatic heterocycles. The smallest absolute Gasteiger partial charge is 0.342 e. The standard InChI is InChI=1S/C17H16N2O6/c1-2-7-25-8-9-5-3-4-6-10(9)11-12(16(21)22)14(18)19-15(20)13(11)17(23)24/h2-6H,1,7-8H2,(H,21,22)(H,23,24)(H3,18,19,20). The number of carbonyl (C=O) groups is 2. The van der Waals surface area contributed by atoms with Crippen LogP contribution >= 0.6 is 0 Å². The number of benzene rings is 1. The van der Waals surface area contributed by atoms with Crippen LogP contribution in [-0.4, -0.2) is 33.7 Å². The summed E-state index contributed by atoms with van der Waals surface area (Å²) < 4.78 is 5.36. The van der Waals surface area contributed by atoms with Crippen molar-refractivity contribution in [3.8, 4) is 11.1 Å². The third-order valence-corrected chi connectivity index (χ3v) is 3.45. The van der Waals surface area contributed by atoms with Gasteiger partial charge in [0.05, 0.1) is 13.2 Å². The van der Waals surface area contributed by atoms with Gasteiger partial charge in [0.25, 0.3) is 5.56 Å². The molecule has 0 aliphatic carbocycles. The molecule has 1 aromatic carbocycles. The van der Waals surface area contributed by atoms with E-state index in [-0.39, 0.29) is 24.3 Å². The summed E-state index contributed by atoms with van der Waals surface area (Å²) in [4.78, 5) is 37.3. The lowest BCUT2D eigenvalue weighted by Gasteiger charge is -2.15. The molecule has 0 saturated carbocycles. The predicted octanol–water partition coefficient (Wildman–Crippen LogP) is 1.72. The number of aromatic carboxylic acids is 2. The first-order chi connectivity index (χ1) is 11.9. The van der Waals surface area contributed by atoms with Crippen molar-refractivity contribution in [3.05, 3.63) is 64.0 Å². The largest absolute Gasteiger partial charge is 0.478 e. The van der Waals surface area contributed by atoms with Gasteiger partial charge >= 0.3 is 11.9 Å². The van der Waals surface area contributed by atoms with Crippen LogP contribution in [-0.2, 0) is 11.3 Å². The summed E-state index contributed by atoms with van der Waals surface area (Å²) in [5, 5.41) is 18.9. The highest BCUT2D eigenvalue weighted by atomic mass is 16.5. The second-order valence-corrected chi connectivity index (χ2v) is 5.06. The van der Waals surface area contributed by atoms with Gasteiger partial charge in [0.15, 0.2) is 0 Å². The lowest BCUT2D eigenvalue weighted by molar-refractivity contribution is 0.0695. The van der Waals surface area contributed by atoms with E-state index in [1.807, 2.05) is 0 Å². The normalized spacial score (nSPS) is 10.4. The van der Waals surface area contributed by atoms with E-state index in [1.54, 1.807) is 24.3 Å². The van der Waals surface area contributed by atoms with E-state index in [9.17, 15) is 24.6 Å². The van der Waals surface area contributed by atoms with Crippen molar-refractivity contribution in [2.45, 2.75) is 6.61 Å². The van der Waals surface area contributed by atoms with Crippen LogP contribution in [0.15, 0.2) is 41.7 Å². The molecule has 0 fully saturated rings. The number of H-pyrrole nitrogens is 1.